The molecule has 6 heteroatoms. The second kappa shape index (κ2) is 4.79. The molecule has 3 rings (SSSR count). The van der Waals surface area contributed by atoms with Crippen molar-refractivity contribution in [2.75, 3.05) is 6.54 Å². The SMILES string of the molecule is O=S(=O)(c1ccccc1)N1CCCC1c1ccn[nH]1. The predicted octanol–water partition coefficient (Wildman–Crippen LogP) is 1.94. The molecule has 0 amide bonds. The smallest absolute Gasteiger partial charge is 0.243 e. The van der Waals surface area contributed by atoms with Gasteiger partial charge in [-0.05, 0) is 31.0 Å². The van der Waals surface area contributed by atoms with Crippen LogP contribution in [0, 0.1) is 0 Å². The van der Waals surface area contributed by atoms with Crippen LogP contribution in [0.1, 0.15) is 24.6 Å². The number of nitrogens with one attached hydrogen (secondary N) is 1. The van der Waals surface area contributed by atoms with Crippen molar-refractivity contribution >= 4 is 10.0 Å². The van der Waals surface area contributed by atoms with Gasteiger partial charge in [0.05, 0.1) is 16.6 Å². The zero-order valence-electron chi connectivity index (χ0n) is 10.4. The summed E-state index contributed by atoms with van der Waals surface area (Å²) in [6, 6.07) is 10.3. The molecule has 0 spiro atoms. The largest absolute Gasteiger partial charge is 0.281 e. The molecule has 5 nitrogen and oxygen atoms in total. The average Bonchev–Trinajstić information content (AvgIpc) is 3.10. The van der Waals surface area contributed by atoms with E-state index in [1.165, 1.54) is 0 Å². The molecule has 0 aliphatic carbocycles. The topological polar surface area (TPSA) is 66.1 Å². The zero-order valence-corrected chi connectivity index (χ0v) is 11.2. The van der Waals surface area contributed by atoms with Gasteiger partial charge in [0.2, 0.25) is 10.0 Å². The lowest BCUT2D eigenvalue weighted by Gasteiger charge is -2.23. The summed E-state index contributed by atoms with van der Waals surface area (Å²) in [5.41, 5.74) is 0.858. The lowest BCUT2D eigenvalue weighted by atomic mass is 10.2. The monoisotopic (exact) mass is 277 g/mol. The minimum Gasteiger partial charge on any atom is -0.281 e. The molecule has 1 aliphatic rings. The van der Waals surface area contributed by atoms with E-state index in [4.69, 9.17) is 0 Å². The average molecular weight is 277 g/mol. The van der Waals surface area contributed by atoms with Gasteiger partial charge in [0.25, 0.3) is 0 Å². The van der Waals surface area contributed by atoms with Crippen molar-refractivity contribution in [2.24, 2.45) is 0 Å². The third kappa shape index (κ3) is 2.17. The minimum atomic E-state index is -3.43. The highest BCUT2D eigenvalue weighted by atomic mass is 32.2. The van der Waals surface area contributed by atoms with Crippen LogP contribution in [0.4, 0.5) is 0 Å². The number of rotatable bonds is 3. The zero-order chi connectivity index (χ0) is 13.3. The van der Waals surface area contributed by atoms with E-state index in [9.17, 15) is 8.42 Å². The summed E-state index contributed by atoms with van der Waals surface area (Å²) < 4.78 is 26.8. The van der Waals surface area contributed by atoms with Gasteiger partial charge in [-0.25, -0.2) is 8.42 Å². The molecule has 1 atom stereocenters. The minimum absolute atomic E-state index is 0.132. The molecule has 2 heterocycles. The second-order valence-corrected chi connectivity index (χ2v) is 6.49. The van der Waals surface area contributed by atoms with E-state index >= 15 is 0 Å². The summed E-state index contributed by atoms with van der Waals surface area (Å²) in [5.74, 6) is 0. The van der Waals surface area contributed by atoms with Crippen molar-refractivity contribution < 1.29 is 8.42 Å². The first-order valence-electron chi connectivity index (χ1n) is 6.26. The Balaban J connectivity index is 1.97. The molecule has 1 aromatic carbocycles. The van der Waals surface area contributed by atoms with Crippen molar-refractivity contribution in [3.05, 3.63) is 48.3 Å². The van der Waals surface area contributed by atoms with Crippen LogP contribution in [0.3, 0.4) is 0 Å². The van der Waals surface area contributed by atoms with Crippen LogP contribution in [-0.4, -0.2) is 29.5 Å². The summed E-state index contributed by atoms with van der Waals surface area (Å²) >= 11 is 0. The van der Waals surface area contributed by atoms with E-state index in [0.717, 1.165) is 18.5 Å². The fourth-order valence-corrected chi connectivity index (χ4v) is 4.21. The normalized spacial score (nSPS) is 20.7. The first-order chi connectivity index (χ1) is 9.19. The Morgan fingerprint density at radius 3 is 2.68 bits per heavy atom. The van der Waals surface area contributed by atoms with Crippen molar-refractivity contribution in [2.45, 2.75) is 23.8 Å². The molecule has 2 aromatic rings. The number of hydrogen-bond donors (Lipinski definition) is 1. The maximum absolute atomic E-state index is 12.6. The molecular formula is C13H15N3O2S. The Morgan fingerprint density at radius 1 is 1.21 bits per heavy atom. The maximum Gasteiger partial charge on any atom is 0.243 e. The molecule has 1 N–H and O–H groups in total. The van der Waals surface area contributed by atoms with E-state index in [-0.39, 0.29) is 6.04 Å². The third-order valence-electron chi connectivity index (χ3n) is 3.43. The number of nitrogens with zero attached hydrogens (tertiary/aromatic N) is 2. The molecule has 1 fully saturated rings. The number of aromatic nitrogens is 2. The van der Waals surface area contributed by atoms with Crippen LogP contribution in [0.5, 0.6) is 0 Å². The Kier molecular flexibility index (Phi) is 3.12. The fraction of sp³-hybridized carbons (Fsp3) is 0.308. The quantitative estimate of drug-likeness (QED) is 0.932. The summed E-state index contributed by atoms with van der Waals surface area (Å²) in [5, 5.41) is 6.79. The number of hydrogen-bond acceptors (Lipinski definition) is 3. The maximum atomic E-state index is 12.6. The molecule has 100 valence electrons. The Bertz CT molecular complexity index is 638. The Labute approximate surface area is 112 Å². The van der Waals surface area contributed by atoms with Crippen molar-refractivity contribution in [3.63, 3.8) is 0 Å². The van der Waals surface area contributed by atoms with Gasteiger partial charge in [-0.15, -0.1) is 0 Å². The van der Waals surface area contributed by atoms with Gasteiger partial charge >= 0.3 is 0 Å². The summed E-state index contributed by atoms with van der Waals surface area (Å²) in [6.07, 6.45) is 3.35. The van der Waals surface area contributed by atoms with Crippen LogP contribution in [0.25, 0.3) is 0 Å². The Morgan fingerprint density at radius 2 is 2.00 bits per heavy atom. The van der Waals surface area contributed by atoms with Crippen molar-refractivity contribution in [1.29, 1.82) is 0 Å². The first kappa shape index (κ1) is 12.4. The number of aromatic amines is 1. The van der Waals surface area contributed by atoms with Crippen LogP contribution >= 0.6 is 0 Å². The van der Waals surface area contributed by atoms with E-state index in [0.29, 0.717) is 11.4 Å². The van der Waals surface area contributed by atoms with E-state index in [2.05, 4.69) is 10.2 Å². The molecule has 1 saturated heterocycles. The predicted molar refractivity (Wildman–Crippen MR) is 70.9 cm³/mol. The lowest BCUT2D eigenvalue weighted by molar-refractivity contribution is 0.390. The van der Waals surface area contributed by atoms with Gasteiger partial charge in [0.15, 0.2) is 0 Å². The van der Waals surface area contributed by atoms with Gasteiger partial charge in [-0.2, -0.15) is 9.40 Å². The van der Waals surface area contributed by atoms with Crippen molar-refractivity contribution in [3.8, 4) is 0 Å². The van der Waals surface area contributed by atoms with Gasteiger partial charge in [-0.1, -0.05) is 18.2 Å². The van der Waals surface area contributed by atoms with Gasteiger partial charge in [0, 0.05) is 12.7 Å². The summed E-state index contributed by atoms with van der Waals surface area (Å²) in [7, 11) is -3.43. The number of H-pyrrole nitrogens is 1. The summed E-state index contributed by atoms with van der Waals surface area (Å²) in [6.45, 7) is 0.556. The lowest BCUT2D eigenvalue weighted by Crippen LogP contribution is -2.30. The van der Waals surface area contributed by atoms with Crippen LogP contribution in [0.2, 0.25) is 0 Å². The molecule has 0 saturated carbocycles. The highest BCUT2D eigenvalue weighted by Crippen LogP contribution is 2.35. The van der Waals surface area contributed by atoms with Crippen molar-refractivity contribution in [1.82, 2.24) is 14.5 Å². The fourth-order valence-electron chi connectivity index (χ4n) is 2.52. The second-order valence-electron chi connectivity index (χ2n) is 4.60. The molecular weight excluding hydrogens is 262 g/mol. The molecule has 0 radical (unpaired) electrons. The van der Waals surface area contributed by atoms with E-state index in [1.807, 2.05) is 12.1 Å². The number of benzene rings is 1. The summed E-state index contributed by atoms with van der Waals surface area (Å²) in [4.78, 5) is 0.349. The van der Waals surface area contributed by atoms with Gasteiger partial charge in [-0.3, -0.25) is 5.10 Å². The van der Waals surface area contributed by atoms with E-state index < -0.39 is 10.0 Å². The standard InChI is InChI=1S/C13H15N3O2S/c17-19(18,11-5-2-1-3-6-11)16-10-4-7-13(16)12-8-9-14-15-12/h1-3,5-6,8-9,13H,4,7,10H2,(H,14,15). The van der Waals surface area contributed by atoms with Crippen LogP contribution < -0.4 is 0 Å². The van der Waals surface area contributed by atoms with Crippen LogP contribution in [-0.2, 0) is 10.0 Å². The first-order valence-corrected chi connectivity index (χ1v) is 7.70. The van der Waals surface area contributed by atoms with Gasteiger partial charge in [0.1, 0.15) is 0 Å². The third-order valence-corrected chi connectivity index (χ3v) is 5.36. The Hall–Kier alpha value is -1.66. The molecule has 1 aromatic heterocycles. The molecule has 19 heavy (non-hydrogen) atoms. The highest BCUT2D eigenvalue weighted by Gasteiger charge is 2.36. The molecule has 1 unspecified atom stereocenters. The molecule has 1 aliphatic heterocycles. The van der Waals surface area contributed by atoms with E-state index in [1.54, 1.807) is 34.8 Å². The number of sulfonamides is 1. The van der Waals surface area contributed by atoms with Crippen LogP contribution in [0.15, 0.2) is 47.5 Å². The molecule has 0 bridgehead atoms. The highest BCUT2D eigenvalue weighted by molar-refractivity contribution is 7.89. The van der Waals surface area contributed by atoms with Gasteiger partial charge < -0.3 is 0 Å².